The fraction of sp³-hybridized carbons (Fsp3) is 0.125. The molecule has 1 aliphatic rings. The van der Waals surface area contributed by atoms with Crippen LogP contribution in [0.2, 0.25) is 0 Å². The predicted octanol–water partition coefficient (Wildman–Crippen LogP) is 5.87. The molecule has 1 aromatic heterocycles. The Bertz CT molecular complexity index is 1580. The summed E-state index contributed by atoms with van der Waals surface area (Å²) < 4.78 is 0. The summed E-state index contributed by atoms with van der Waals surface area (Å²) in [5.74, 6) is 1.21. The van der Waals surface area contributed by atoms with Gasteiger partial charge in [0.05, 0.1) is 5.56 Å². The second-order valence-corrected chi connectivity index (χ2v) is 9.94. The molecule has 5 aromatic rings. The molecule has 9 heteroatoms. The van der Waals surface area contributed by atoms with Crippen molar-refractivity contribution in [1.82, 2.24) is 20.3 Å². The number of amides is 1. The average Bonchev–Trinajstić information content (AvgIpc) is 3.00. The highest BCUT2D eigenvalue weighted by molar-refractivity contribution is 6.02. The Morgan fingerprint density at radius 2 is 1.17 bits per heavy atom. The average molecular weight is 543 g/mol. The Hall–Kier alpha value is -5.44. The van der Waals surface area contributed by atoms with Crippen LogP contribution in [0.5, 0.6) is 0 Å². The lowest BCUT2D eigenvalue weighted by atomic mass is 9.96. The van der Waals surface area contributed by atoms with E-state index in [1.165, 1.54) is 0 Å². The fourth-order valence-corrected chi connectivity index (χ4v) is 4.69. The van der Waals surface area contributed by atoms with Crippen LogP contribution in [0.1, 0.15) is 34.0 Å². The molecule has 0 aliphatic carbocycles. The van der Waals surface area contributed by atoms with Crippen molar-refractivity contribution in [2.75, 3.05) is 21.3 Å². The zero-order valence-corrected chi connectivity index (χ0v) is 22.6. The van der Waals surface area contributed by atoms with Gasteiger partial charge >= 0.3 is 0 Å². The number of carbonyl (C=O) groups excluding carboxylic acids is 1. The highest BCUT2D eigenvalue weighted by atomic mass is 16.2. The highest BCUT2D eigenvalue weighted by Crippen LogP contribution is 2.31. The molecule has 204 valence electrons. The van der Waals surface area contributed by atoms with Crippen LogP contribution in [0.25, 0.3) is 0 Å². The van der Waals surface area contributed by atoms with Crippen molar-refractivity contribution in [2.24, 2.45) is 0 Å². The third-order valence-electron chi connectivity index (χ3n) is 6.86. The van der Waals surface area contributed by atoms with E-state index in [1.54, 1.807) is 0 Å². The van der Waals surface area contributed by atoms with Gasteiger partial charge < -0.3 is 26.6 Å². The molecular formula is C32H30N8O. The molecular weight excluding hydrogens is 512 g/mol. The Morgan fingerprint density at radius 3 is 1.78 bits per heavy atom. The predicted molar refractivity (Wildman–Crippen MR) is 162 cm³/mol. The van der Waals surface area contributed by atoms with Gasteiger partial charge in [0.15, 0.2) is 0 Å². The number of benzene rings is 4. The molecule has 6 rings (SSSR count). The molecule has 1 amide bonds. The first kappa shape index (κ1) is 25.8. The van der Waals surface area contributed by atoms with Gasteiger partial charge in [0.1, 0.15) is 5.66 Å². The van der Waals surface area contributed by atoms with E-state index < -0.39 is 5.66 Å². The van der Waals surface area contributed by atoms with E-state index in [-0.39, 0.29) is 5.91 Å². The number of carbonyl (C=O) groups is 1. The summed E-state index contributed by atoms with van der Waals surface area (Å²) in [5.41, 5.74) is 4.64. The summed E-state index contributed by atoms with van der Waals surface area (Å²) in [6, 6.07) is 35.5. The van der Waals surface area contributed by atoms with Gasteiger partial charge in [-0.2, -0.15) is 15.0 Å². The second-order valence-electron chi connectivity index (χ2n) is 9.94. The molecule has 41 heavy (non-hydrogen) atoms. The smallest absolute Gasteiger partial charge is 0.255 e. The minimum Gasteiger partial charge on any atom is -0.359 e. The molecule has 1 unspecified atom stereocenters. The second kappa shape index (κ2) is 11.4. The van der Waals surface area contributed by atoms with Crippen molar-refractivity contribution >= 4 is 35.1 Å². The lowest BCUT2D eigenvalue weighted by Gasteiger charge is -2.38. The van der Waals surface area contributed by atoms with Gasteiger partial charge in [0, 0.05) is 24.5 Å². The summed E-state index contributed by atoms with van der Waals surface area (Å²) in [6.07, 6.45) is 0. The zero-order chi connectivity index (χ0) is 28.1. The fourth-order valence-electron chi connectivity index (χ4n) is 4.69. The lowest BCUT2D eigenvalue weighted by molar-refractivity contribution is 0.0906. The van der Waals surface area contributed by atoms with Gasteiger partial charge in [-0.3, -0.25) is 4.79 Å². The Labute approximate surface area is 238 Å². The summed E-state index contributed by atoms with van der Waals surface area (Å²) in [6.45, 7) is 3.11. The topological polar surface area (TPSA) is 116 Å². The molecule has 0 radical (unpaired) electrons. The number of para-hydroxylation sites is 1. The summed E-state index contributed by atoms with van der Waals surface area (Å²) in [7, 11) is 0. The van der Waals surface area contributed by atoms with Crippen LogP contribution in [-0.2, 0) is 18.8 Å². The van der Waals surface area contributed by atoms with Crippen LogP contribution in [0.15, 0.2) is 109 Å². The molecule has 0 saturated heterocycles. The number of rotatable bonds is 9. The Morgan fingerprint density at radius 1 is 0.634 bits per heavy atom. The molecule has 0 saturated carbocycles. The molecule has 9 nitrogen and oxygen atoms in total. The molecule has 1 atom stereocenters. The van der Waals surface area contributed by atoms with E-state index in [2.05, 4.69) is 41.5 Å². The van der Waals surface area contributed by atoms with Crippen LogP contribution in [-0.4, -0.2) is 20.9 Å². The minimum atomic E-state index is -0.750. The highest BCUT2D eigenvalue weighted by Gasteiger charge is 2.34. The monoisotopic (exact) mass is 542 g/mol. The van der Waals surface area contributed by atoms with Gasteiger partial charge in [-0.25, -0.2) is 0 Å². The first-order valence-electron chi connectivity index (χ1n) is 13.4. The van der Waals surface area contributed by atoms with Crippen molar-refractivity contribution in [3.8, 4) is 0 Å². The maximum Gasteiger partial charge on any atom is 0.255 e. The van der Waals surface area contributed by atoms with E-state index in [0.29, 0.717) is 36.5 Å². The number of nitrogens with one attached hydrogen (secondary N) is 5. The van der Waals surface area contributed by atoms with E-state index in [4.69, 9.17) is 0 Å². The number of hydrogen-bond donors (Lipinski definition) is 5. The number of nitrogens with zero attached hydrogens (tertiary/aromatic N) is 3. The van der Waals surface area contributed by atoms with Crippen LogP contribution in [0, 0.1) is 0 Å². The number of anilines is 5. The van der Waals surface area contributed by atoms with E-state index in [0.717, 1.165) is 28.1 Å². The van der Waals surface area contributed by atoms with Crippen molar-refractivity contribution in [3.63, 3.8) is 0 Å². The number of hydrogen-bond acceptors (Lipinski definition) is 8. The van der Waals surface area contributed by atoms with Crippen molar-refractivity contribution < 1.29 is 4.79 Å². The van der Waals surface area contributed by atoms with Gasteiger partial charge in [0.25, 0.3) is 5.91 Å². The van der Waals surface area contributed by atoms with Gasteiger partial charge in [-0.05, 0) is 47.9 Å². The van der Waals surface area contributed by atoms with Crippen LogP contribution in [0.3, 0.4) is 0 Å². The zero-order valence-electron chi connectivity index (χ0n) is 22.6. The first-order chi connectivity index (χ1) is 20.0. The Kier molecular flexibility index (Phi) is 7.15. The largest absolute Gasteiger partial charge is 0.359 e. The molecule has 2 heterocycles. The summed E-state index contributed by atoms with van der Waals surface area (Å²) in [4.78, 5) is 26.5. The number of aromatic nitrogens is 3. The van der Waals surface area contributed by atoms with E-state index in [9.17, 15) is 4.79 Å². The van der Waals surface area contributed by atoms with Gasteiger partial charge in [0.2, 0.25) is 17.8 Å². The molecule has 0 spiro atoms. The quantitative estimate of drug-likeness (QED) is 0.157. The van der Waals surface area contributed by atoms with Gasteiger partial charge in [-0.15, -0.1) is 0 Å². The molecule has 0 fully saturated rings. The molecule has 1 aliphatic heterocycles. The maximum atomic E-state index is 12.7. The standard InChI is InChI=1S/C32H30N8O/c1-32(39-27-15-9-8-14-26(27)28(41)40-32)24-16-18-25(19-17-24)35-31-37-29(33-20-22-10-4-2-5-11-22)36-30(38-31)34-21-23-12-6-3-7-13-23/h2-19,39H,20-21H2,1H3,(H,40,41)(H3,33,34,35,36,37,38). The van der Waals surface area contributed by atoms with Crippen LogP contribution in [0.4, 0.5) is 29.2 Å². The molecule has 5 N–H and O–H groups in total. The lowest BCUT2D eigenvalue weighted by Crippen LogP contribution is -2.52. The normalized spacial score (nSPS) is 15.7. The Balaban J connectivity index is 1.20. The van der Waals surface area contributed by atoms with Crippen molar-refractivity contribution in [2.45, 2.75) is 25.7 Å². The summed E-state index contributed by atoms with van der Waals surface area (Å²) >= 11 is 0. The van der Waals surface area contributed by atoms with Crippen molar-refractivity contribution in [1.29, 1.82) is 0 Å². The van der Waals surface area contributed by atoms with E-state index in [1.807, 2.05) is 116 Å². The van der Waals surface area contributed by atoms with Crippen LogP contribution >= 0.6 is 0 Å². The third-order valence-corrected chi connectivity index (χ3v) is 6.86. The maximum absolute atomic E-state index is 12.7. The van der Waals surface area contributed by atoms with Crippen molar-refractivity contribution in [3.05, 3.63) is 131 Å². The third kappa shape index (κ3) is 6.09. The SMILES string of the molecule is CC1(c2ccc(Nc3nc(NCc4ccccc4)nc(NCc4ccccc4)n3)cc2)NC(=O)c2ccccc2N1. The molecule has 0 bridgehead atoms. The van der Waals surface area contributed by atoms with E-state index >= 15 is 0 Å². The van der Waals surface area contributed by atoms with Gasteiger partial charge in [-0.1, -0.05) is 84.9 Å². The summed E-state index contributed by atoms with van der Waals surface area (Å²) in [5, 5.41) is 16.4. The molecule has 4 aromatic carbocycles. The number of fused-ring (bicyclic) bond motifs is 1. The minimum absolute atomic E-state index is 0.111. The van der Waals surface area contributed by atoms with Crippen LogP contribution < -0.4 is 26.6 Å². The first-order valence-corrected chi connectivity index (χ1v) is 13.4.